The van der Waals surface area contributed by atoms with E-state index in [-0.39, 0.29) is 26.6 Å². The maximum Gasteiger partial charge on any atom is 2.00 e. The third-order valence-corrected chi connectivity index (χ3v) is 12.1. The molecule has 0 saturated carbocycles. The molecule has 6 aromatic carbocycles. The normalized spacial score (nSPS) is 10.7. The smallest absolute Gasteiger partial charge is 0.564 e. The Bertz CT molecular complexity index is 3850. The first kappa shape index (κ1) is 51.6. The third kappa shape index (κ3) is 12.8. The van der Waals surface area contributed by atoms with Crippen molar-refractivity contribution in [3.8, 4) is 46.5 Å². The van der Waals surface area contributed by atoms with Gasteiger partial charge in [-0.2, -0.15) is 10.8 Å². The standard InChI is InChI=1S/C22H14N2O3.C22H12N2O3.C12H6Br2O.C5H5NO.Pt/c2*1-3-11-23-21(5-1)25-15-7-9-19-17(13-15)18-14-16(8-10-20(18)27-19)26-22-6-2-4-12-24-22;13-7-1-3-11-9(5-7)10-6-8(14)2-4-12(10)15-11;7-5-3-1-2-4-6-5;/h1-14H;1-12H;1-6H;1-4H,(H,6,7);/q;-2;;;+2. The van der Waals surface area contributed by atoms with Crippen molar-refractivity contribution in [3.63, 3.8) is 0 Å². The van der Waals surface area contributed by atoms with Crippen LogP contribution in [0.25, 0.3) is 65.8 Å². The Balaban J connectivity index is 0.000000126. The molecule has 0 radical (unpaired) electrons. The van der Waals surface area contributed by atoms with E-state index in [0.717, 1.165) is 63.6 Å². The maximum absolute atomic E-state index is 10.2. The monoisotopic (exact) mass is 1320 g/mol. The molecule has 0 atom stereocenters. The molecule has 8 heterocycles. The predicted molar refractivity (Wildman–Crippen MR) is 299 cm³/mol. The Morgan fingerprint density at radius 1 is 0.390 bits per heavy atom. The molecule has 16 heteroatoms. The molecule has 0 spiro atoms. The van der Waals surface area contributed by atoms with Gasteiger partial charge in [0.15, 0.2) is 0 Å². The number of rotatable bonds is 8. The van der Waals surface area contributed by atoms with Crippen LogP contribution in [0, 0.1) is 12.1 Å². The number of furan rings is 3. The van der Waals surface area contributed by atoms with Gasteiger partial charge in [0.05, 0.1) is 0 Å². The average Bonchev–Trinajstić information content (AvgIpc) is 4.17. The number of pyridine rings is 5. The Morgan fingerprint density at radius 3 is 1.12 bits per heavy atom. The zero-order valence-corrected chi connectivity index (χ0v) is 45.4. The molecule has 0 aliphatic carbocycles. The van der Waals surface area contributed by atoms with Crippen molar-refractivity contribution in [2.75, 3.05) is 0 Å². The van der Waals surface area contributed by atoms with Crippen molar-refractivity contribution < 1.29 is 53.3 Å². The van der Waals surface area contributed by atoms with Crippen LogP contribution >= 0.6 is 31.9 Å². The Labute approximate surface area is 469 Å². The zero-order valence-electron chi connectivity index (χ0n) is 39.9. The molecule has 0 amide bonds. The summed E-state index contributed by atoms with van der Waals surface area (Å²) in [5, 5.41) is 5.71. The van der Waals surface area contributed by atoms with Gasteiger partial charge in [-0.1, -0.05) is 74.3 Å². The quantitative estimate of drug-likeness (QED) is 0.144. The van der Waals surface area contributed by atoms with Gasteiger partial charge in [0, 0.05) is 103 Å². The number of halogens is 2. The second kappa shape index (κ2) is 24.2. The second-order valence-electron chi connectivity index (χ2n) is 16.3. The van der Waals surface area contributed by atoms with Crippen molar-refractivity contribution in [2.24, 2.45) is 0 Å². The van der Waals surface area contributed by atoms with Gasteiger partial charge < -0.3 is 37.2 Å². The van der Waals surface area contributed by atoms with E-state index >= 15 is 0 Å². The minimum absolute atomic E-state index is 0. The SMILES string of the molecule is Brc1ccc2oc3ccc(Br)cc3c2c1.O=c1cccc[nH]1.[Pt+2].[c-]1c(Oc2ccccn2)ccc2oc3ccc(Oc4ccccn4)[c-]c3c12.c1ccc(Oc2ccc3oc4ccc(Oc5ccccn5)cc4c3c2)nc1. The molecule has 0 fully saturated rings. The van der Waals surface area contributed by atoms with Crippen molar-refractivity contribution in [2.45, 2.75) is 0 Å². The molecule has 0 bridgehead atoms. The van der Waals surface area contributed by atoms with Crippen LogP contribution < -0.4 is 24.5 Å². The summed E-state index contributed by atoms with van der Waals surface area (Å²) in [6.45, 7) is 0. The van der Waals surface area contributed by atoms with E-state index in [1.807, 2.05) is 133 Å². The number of fused-ring (bicyclic) bond motifs is 9. The summed E-state index contributed by atoms with van der Waals surface area (Å²) in [5.41, 5.74) is 4.76. The molecule has 378 valence electrons. The van der Waals surface area contributed by atoms with E-state index in [0.29, 0.717) is 57.7 Å². The van der Waals surface area contributed by atoms with E-state index in [1.165, 1.54) is 6.07 Å². The van der Waals surface area contributed by atoms with Gasteiger partial charge in [-0.15, -0.1) is 24.3 Å². The van der Waals surface area contributed by atoms with Crippen LogP contribution in [0.15, 0.2) is 246 Å². The minimum Gasteiger partial charge on any atom is -0.564 e. The van der Waals surface area contributed by atoms with Gasteiger partial charge >= 0.3 is 21.1 Å². The molecule has 0 aliphatic rings. The second-order valence-corrected chi connectivity index (χ2v) is 18.2. The number of ether oxygens (including phenoxy) is 4. The number of aromatic nitrogens is 5. The Morgan fingerprint density at radius 2 is 0.753 bits per heavy atom. The summed E-state index contributed by atoms with van der Waals surface area (Å²) >= 11 is 6.94. The van der Waals surface area contributed by atoms with E-state index in [2.05, 4.69) is 81.0 Å². The summed E-state index contributed by atoms with van der Waals surface area (Å²) < 4.78 is 42.8. The molecule has 0 aliphatic heterocycles. The fraction of sp³-hybridized carbons (Fsp3) is 0. The Hall–Kier alpha value is -8.88. The van der Waals surface area contributed by atoms with Gasteiger partial charge in [-0.3, -0.25) is 4.79 Å². The number of aromatic amines is 1. The van der Waals surface area contributed by atoms with Crippen LogP contribution in [-0.2, 0) is 21.1 Å². The van der Waals surface area contributed by atoms with Crippen LogP contribution in [0.3, 0.4) is 0 Å². The van der Waals surface area contributed by atoms with Crippen LogP contribution in [-0.4, -0.2) is 24.9 Å². The number of benzene rings is 6. The first-order chi connectivity index (χ1) is 37.3. The third-order valence-electron chi connectivity index (χ3n) is 11.1. The van der Waals surface area contributed by atoms with Gasteiger partial charge in [0.1, 0.15) is 33.8 Å². The summed E-state index contributed by atoms with van der Waals surface area (Å²) in [7, 11) is 0. The molecule has 77 heavy (non-hydrogen) atoms. The van der Waals surface area contributed by atoms with Crippen molar-refractivity contribution in [1.82, 2.24) is 24.9 Å². The summed E-state index contributed by atoms with van der Waals surface area (Å²) in [5.74, 6) is 4.59. The van der Waals surface area contributed by atoms with Gasteiger partial charge in [-0.05, 0) is 114 Å². The molecule has 0 saturated heterocycles. The van der Waals surface area contributed by atoms with Gasteiger partial charge in [0.25, 0.3) is 0 Å². The predicted octanol–water partition coefficient (Wildman–Crippen LogP) is 17.0. The van der Waals surface area contributed by atoms with Crippen LogP contribution in [0.4, 0.5) is 0 Å². The number of nitrogens with one attached hydrogen (secondary N) is 1. The van der Waals surface area contributed by atoms with Crippen LogP contribution in [0.2, 0.25) is 0 Å². The molecular formula is C61H37Br2N5O8Pt. The molecule has 14 aromatic rings. The molecule has 14 rings (SSSR count). The summed E-state index contributed by atoms with van der Waals surface area (Å²) in [6.07, 6.45) is 8.35. The molecule has 1 N–H and O–H groups in total. The molecular weight excluding hydrogens is 1290 g/mol. The first-order valence-electron chi connectivity index (χ1n) is 23.4. The van der Waals surface area contributed by atoms with Gasteiger partial charge in [-0.25, -0.2) is 19.9 Å². The number of hydrogen-bond acceptors (Lipinski definition) is 12. The molecule has 0 unspecified atom stereocenters. The number of nitrogens with zero attached hydrogens (tertiary/aromatic N) is 4. The van der Waals surface area contributed by atoms with E-state index in [1.54, 1.807) is 67.4 Å². The minimum atomic E-state index is -0.0532. The van der Waals surface area contributed by atoms with E-state index in [9.17, 15) is 4.79 Å². The Kier molecular flexibility index (Phi) is 16.2. The van der Waals surface area contributed by atoms with Crippen molar-refractivity contribution in [1.29, 1.82) is 0 Å². The fourth-order valence-electron chi connectivity index (χ4n) is 7.76. The van der Waals surface area contributed by atoms with Crippen LogP contribution in [0.1, 0.15) is 0 Å². The average molecular weight is 1320 g/mol. The molecule has 8 aromatic heterocycles. The van der Waals surface area contributed by atoms with E-state index < -0.39 is 0 Å². The number of H-pyrrole nitrogens is 1. The van der Waals surface area contributed by atoms with Crippen LogP contribution in [0.5, 0.6) is 46.5 Å². The molecule has 13 nitrogen and oxygen atoms in total. The first-order valence-corrected chi connectivity index (χ1v) is 25.0. The maximum atomic E-state index is 10.2. The summed E-state index contributed by atoms with van der Waals surface area (Å²) in [4.78, 5) is 29.4. The largest absolute Gasteiger partial charge is 2.00 e. The zero-order chi connectivity index (χ0) is 51.6. The topological polar surface area (TPSA) is 161 Å². The summed E-state index contributed by atoms with van der Waals surface area (Å²) in [6, 6.07) is 64.2. The van der Waals surface area contributed by atoms with Crippen molar-refractivity contribution in [3.05, 3.63) is 250 Å². The van der Waals surface area contributed by atoms with Gasteiger partial charge in [0.2, 0.25) is 29.1 Å². The fourth-order valence-corrected chi connectivity index (χ4v) is 8.48. The van der Waals surface area contributed by atoms with Crippen molar-refractivity contribution >= 4 is 97.7 Å². The number of hydrogen-bond donors (Lipinski definition) is 1. The van der Waals surface area contributed by atoms with E-state index in [4.69, 9.17) is 32.2 Å².